The van der Waals surface area contributed by atoms with E-state index in [0.717, 1.165) is 36.5 Å². The summed E-state index contributed by atoms with van der Waals surface area (Å²) in [6.07, 6.45) is 0.860. The van der Waals surface area contributed by atoms with Crippen LogP contribution in [0.15, 0.2) is 4.52 Å². The quantitative estimate of drug-likeness (QED) is 0.796. The average molecular weight is 239 g/mol. The number of hydrogen-bond acceptors (Lipinski definition) is 5. The molecule has 1 N–H and O–H groups in total. The molecule has 1 aromatic heterocycles. The number of aromatic nitrogens is 1. The Morgan fingerprint density at radius 2 is 2.41 bits per heavy atom. The monoisotopic (exact) mass is 239 g/mol. The maximum atomic E-state index is 11.3. The molecule has 6 nitrogen and oxygen atoms in total. The first-order valence-corrected chi connectivity index (χ1v) is 5.63. The molecule has 0 saturated heterocycles. The van der Waals surface area contributed by atoms with Gasteiger partial charge in [-0.3, -0.25) is 4.79 Å². The van der Waals surface area contributed by atoms with Gasteiger partial charge in [0.05, 0.1) is 6.61 Å². The van der Waals surface area contributed by atoms with E-state index in [1.54, 1.807) is 14.1 Å². The first-order chi connectivity index (χ1) is 8.18. The van der Waals surface area contributed by atoms with Crippen molar-refractivity contribution < 1.29 is 14.1 Å². The lowest BCUT2D eigenvalue weighted by molar-refractivity contribution is -0.134. The highest BCUT2D eigenvalue weighted by molar-refractivity contribution is 5.76. The van der Waals surface area contributed by atoms with Crippen molar-refractivity contribution in [2.45, 2.75) is 19.6 Å². The summed E-state index contributed by atoms with van der Waals surface area (Å²) in [5.41, 5.74) is 1.87. The predicted octanol–water partition coefficient (Wildman–Crippen LogP) is -0.0749. The van der Waals surface area contributed by atoms with Crippen LogP contribution >= 0.6 is 0 Å². The maximum absolute atomic E-state index is 11.3. The lowest BCUT2D eigenvalue weighted by atomic mass is 10.1. The third-order valence-corrected chi connectivity index (χ3v) is 2.74. The fraction of sp³-hybridized carbons (Fsp3) is 0.636. The summed E-state index contributed by atoms with van der Waals surface area (Å²) in [6.45, 7) is 2.07. The number of fused-ring (bicyclic) bond motifs is 1. The molecule has 0 atom stereocenters. The Bertz CT molecular complexity index is 401. The maximum Gasteiger partial charge on any atom is 0.248 e. The standard InChI is InChI=1S/C11H17N3O3/c1-14(2)11(15)7-16-6-9-8-5-12-4-3-10(8)17-13-9/h12H,3-7H2,1-2H3. The van der Waals surface area contributed by atoms with Crippen LogP contribution in [0.3, 0.4) is 0 Å². The molecule has 94 valence electrons. The van der Waals surface area contributed by atoms with Crippen LogP contribution in [0.2, 0.25) is 0 Å². The number of carbonyl (C=O) groups excluding carboxylic acids is 1. The first kappa shape index (κ1) is 12.1. The molecule has 0 spiro atoms. The van der Waals surface area contributed by atoms with Gasteiger partial charge in [-0.1, -0.05) is 5.16 Å². The Hall–Kier alpha value is -1.40. The Labute approximate surface area is 99.9 Å². The summed E-state index contributed by atoms with van der Waals surface area (Å²) in [6, 6.07) is 0. The van der Waals surface area contributed by atoms with Crippen molar-refractivity contribution in [1.29, 1.82) is 0 Å². The molecule has 0 unspecified atom stereocenters. The number of rotatable bonds is 4. The van der Waals surface area contributed by atoms with E-state index < -0.39 is 0 Å². The van der Waals surface area contributed by atoms with Gasteiger partial charge in [0.25, 0.3) is 0 Å². The number of carbonyl (C=O) groups is 1. The summed E-state index contributed by atoms with van der Waals surface area (Å²) in [7, 11) is 3.40. The van der Waals surface area contributed by atoms with Gasteiger partial charge in [-0.2, -0.15) is 0 Å². The van der Waals surface area contributed by atoms with Gasteiger partial charge in [0.15, 0.2) is 0 Å². The summed E-state index contributed by atoms with van der Waals surface area (Å²) in [5, 5.41) is 7.23. The highest BCUT2D eigenvalue weighted by Gasteiger charge is 2.19. The van der Waals surface area contributed by atoms with E-state index >= 15 is 0 Å². The third kappa shape index (κ3) is 2.83. The van der Waals surface area contributed by atoms with E-state index in [4.69, 9.17) is 9.26 Å². The van der Waals surface area contributed by atoms with E-state index in [-0.39, 0.29) is 12.5 Å². The Balaban J connectivity index is 1.87. The summed E-state index contributed by atoms with van der Waals surface area (Å²) in [5.74, 6) is 0.877. The number of nitrogens with one attached hydrogen (secondary N) is 1. The number of likely N-dealkylation sites (N-methyl/N-ethyl adjacent to an activating group) is 1. The second-order valence-electron chi connectivity index (χ2n) is 4.24. The number of nitrogens with zero attached hydrogens (tertiary/aromatic N) is 2. The Morgan fingerprint density at radius 3 is 3.18 bits per heavy atom. The van der Waals surface area contributed by atoms with E-state index in [9.17, 15) is 4.79 Å². The molecule has 0 radical (unpaired) electrons. The van der Waals surface area contributed by atoms with E-state index in [1.807, 2.05) is 0 Å². The molecule has 2 heterocycles. The summed E-state index contributed by atoms with van der Waals surface area (Å²) >= 11 is 0. The average Bonchev–Trinajstić information content (AvgIpc) is 2.72. The minimum absolute atomic E-state index is 0.0551. The van der Waals surface area contributed by atoms with Crippen molar-refractivity contribution in [2.75, 3.05) is 27.2 Å². The topological polar surface area (TPSA) is 67.6 Å². The lowest BCUT2D eigenvalue weighted by Crippen LogP contribution is -2.26. The van der Waals surface area contributed by atoms with Crippen molar-refractivity contribution in [3.63, 3.8) is 0 Å². The van der Waals surface area contributed by atoms with Crippen LogP contribution in [-0.4, -0.2) is 43.2 Å². The molecule has 0 bridgehead atoms. The SMILES string of the molecule is CN(C)C(=O)COCc1noc2c1CNCC2. The summed E-state index contributed by atoms with van der Waals surface area (Å²) < 4.78 is 10.6. The van der Waals surface area contributed by atoms with E-state index in [0.29, 0.717) is 6.61 Å². The van der Waals surface area contributed by atoms with Gasteiger partial charge in [-0.15, -0.1) is 0 Å². The molecule has 17 heavy (non-hydrogen) atoms. The van der Waals surface area contributed by atoms with Gasteiger partial charge in [0.1, 0.15) is 18.1 Å². The summed E-state index contributed by atoms with van der Waals surface area (Å²) in [4.78, 5) is 12.8. The Kier molecular flexibility index (Phi) is 3.75. The predicted molar refractivity (Wildman–Crippen MR) is 60.3 cm³/mol. The van der Waals surface area contributed by atoms with Crippen molar-refractivity contribution >= 4 is 5.91 Å². The van der Waals surface area contributed by atoms with Crippen LogP contribution < -0.4 is 5.32 Å². The molecule has 1 aliphatic heterocycles. The normalized spacial score (nSPS) is 14.5. The van der Waals surface area contributed by atoms with Crippen LogP contribution in [0.4, 0.5) is 0 Å². The Morgan fingerprint density at radius 1 is 1.59 bits per heavy atom. The second-order valence-corrected chi connectivity index (χ2v) is 4.24. The van der Waals surface area contributed by atoms with Gasteiger partial charge >= 0.3 is 0 Å². The highest BCUT2D eigenvalue weighted by atomic mass is 16.5. The van der Waals surface area contributed by atoms with Crippen LogP contribution in [0, 0.1) is 0 Å². The molecule has 0 aromatic carbocycles. The van der Waals surface area contributed by atoms with Gasteiger partial charge in [-0.25, -0.2) is 0 Å². The second kappa shape index (κ2) is 5.29. The molecular weight excluding hydrogens is 222 g/mol. The highest BCUT2D eigenvalue weighted by Crippen LogP contribution is 2.18. The fourth-order valence-corrected chi connectivity index (χ4v) is 1.67. The van der Waals surface area contributed by atoms with Crippen molar-refractivity contribution in [3.8, 4) is 0 Å². The molecular formula is C11H17N3O3. The van der Waals surface area contributed by atoms with Crippen LogP contribution in [0.1, 0.15) is 17.0 Å². The molecule has 0 aliphatic carbocycles. The smallest absolute Gasteiger partial charge is 0.248 e. The zero-order valence-electron chi connectivity index (χ0n) is 10.2. The van der Waals surface area contributed by atoms with Crippen LogP contribution in [0.25, 0.3) is 0 Å². The minimum Gasteiger partial charge on any atom is -0.365 e. The zero-order chi connectivity index (χ0) is 12.3. The molecule has 0 saturated carbocycles. The molecule has 0 fully saturated rings. The first-order valence-electron chi connectivity index (χ1n) is 5.63. The van der Waals surface area contributed by atoms with Gasteiger partial charge in [0.2, 0.25) is 5.91 Å². The van der Waals surface area contributed by atoms with Gasteiger partial charge in [-0.05, 0) is 0 Å². The minimum atomic E-state index is -0.0551. The number of hydrogen-bond donors (Lipinski definition) is 1. The molecule has 2 rings (SSSR count). The van der Waals surface area contributed by atoms with Crippen LogP contribution in [0.5, 0.6) is 0 Å². The van der Waals surface area contributed by atoms with Gasteiger partial charge < -0.3 is 19.5 Å². The van der Waals surface area contributed by atoms with Crippen molar-refractivity contribution in [1.82, 2.24) is 15.4 Å². The fourth-order valence-electron chi connectivity index (χ4n) is 1.67. The lowest BCUT2D eigenvalue weighted by Gasteiger charge is -2.12. The van der Waals surface area contributed by atoms with Crippen molar-refractivity contribution in [3.05, 3.63) is 17.0 Å². The van der Waals surface area contributed by atoms with Gasteiger partial charge in [0, 0.05) is 39.2 Å². The molecule has 1 aliphatic rings. The number of ether oxygens (including phenoxy) is 1. The molecule has 6 heteroatoms. The van der Waals surface area contributed by atoms with E-state index in [2.05, 4.69) is 10.5 Å². The van der Waals surface area contributed by atoms with E-state index in [1.165, 1.54) is 4.90 Å². The zero-order valence-corrected chi connectivity index (χ0v) is 10.2. The number of amides is 1. The molecule has 1 aromatic rings. The largest absolute Gasteiger partial charge is 0.365 e. The van der Waals surface area contributed by atoms with Crippen LogP contribution in [-0.2, 0) is 29.1 Å². The third-order valence-electron chi connectivity index (χ3n) is 2.74. The van der Waals surface area contributed by atoms with Crippen molar-refractivity contribution in [2.24, 2.45) is 0 Å². The molecule has 1 amide bonds.